The van der Waals surface area contributed by atoms with Gasteiger partial charge in [0.15, 0.2) is 0 Å². The van der Waals surface area contributed by atoms with E-state index in [1.54, 1.807) is 31.4 Å². The van der Waals surface area contributed by atoms with Crippen molar-refractivity contribution in [2.45, 2.75) is 6.54 Å². The molecule has 17 heavy (non-hydrogen) atoms. The number of methoxy groups -OCH3 is 1. The van der Waals surface area contributed by atoms with E-state index in [1.165, 1.54) is 6.33 Å². The maximum atomic E-state index is 9.25. The van der Waals surface area contributed by atoms with E-state index in [2.05, 4.69) is 9.97 Å². The number of aromatic hydroxyl groups is 1. The van der Waals surface area contributed by atoms with Gasteiger partial charge >= 0.3 is 0 Å². The topological polar surface area (TPSA) is 81.3 Å². The number of ether oxygens (including phenoxy) is 1. The Morgan fingerprint density at radius 2 is 1.94 bits per heavy atom. The summed E-state index contributed by atoms with van der Waals surface area (Å²) in [6.45, 7) is 0.292. The fourth-order valence-corrected chi connectivity index (χ4v) is 1.62. The number of phenolic OH excluding ortho intramolecular Hbond substituents is 1. The maximum absolute atomic E-state index is 9.25. The molecule has 5 heteroatoms. The Hall–Kier alpha value is -2.14. The molecule has 0 radical (unpaired) electrons. The predicted molar refractivity (Wildman–Crippen MR) is 63.6 cm³/mol. The first-order chi connectivity index (χ1) is 8.26. The van der Waals surface area contributed by atoms with Gasteiger partial charge in [0.25, 0.3) is 0 Å². The molecule has 2 aromatic rings. The van der Waals surface area contributed by atoms with Gasteiger partial charge in [0.1, 0.15) is 12.1 Å². The summed E-state index contributed by atoms with van der Waals surface area (Å²) in [6.07, 6.45) is 1.43. The van der Waals surface area contributed by atoms with Gasteiger partial charge in [0, 0.05) is 12.1 Å². The summed E-state index contributed by atoms with van der Waals surface area (Å²) in [5.74, 6) is 0.689. The molecule has 1 aromatic heterocycles. The molecule has 0 aliphatic rings. The maximum Gasteiger partial charge on any atom is 0.221 e. The molecule has 0 spiro atoms. The average molecular weight is 231 g/mol. The molecule has 0 fully saturated rings. The highest BCUT2D eigenvalue weighted by Crippen LogP contribution is 2.27. The molecule has 1 heterocycles. The van der Waals surface area contributed by atoms with Crippen LogP contribution < -0.4 is 10.5 Å². The third-order valence-electron chi connectivity index (χ3n) is 2.44. The fraction of sp³-hybridized carbons (Fsp3) is 0.167. The van der Waals surface area contributed by atoms with Crippen LogP contribution in [0.4, 0.5) is 0 Å². The predicted octanol–water partition coefficient (Wildman–Crippen LogP) is 1.32. The first kappa shape index (κ1) is 11.3. The van der Waals surface area contributed by atoms with E-state index >= 15 is 0 Å². The van der Waals surface area contributed by atoms with Crippen LogP contribution in [0.1, 0.15) is 5.56 Å². The van der Waals surface area contributed by atoms with E-state index in [4.69, 9.17) is 10.5 Å². The van der Waals surface area contributed by atoms with Crippen LogP contribution in [0, 0.1) is 0 Å². The normalized spacial score (nSPS) is 10.2. The second kappa shape index (κ2) is 4.80. The lowest BCUT2D eigenvalue weighted by Gasteiger charge is -2.10. The molecule has 88 valence electrons. The van der Waals surface area contributed by atoms with Gasteiger partial charge in [-0.3, -0.25) is 0 Å². The highest BCUT2D eigenvalue weighted by molar-refractivity contribution is 5.65. The second-order valence-electron chi connectivity index (χ2n) is 3.46. The number of nitrogens with zero attached hydrogens (tertiary/aromatic N) is 2. The SMILES string of the molecule is COc1ncnc(-c2ccc(O)cc2)c1CN. The Morgan fingerprint density at radius 1 is 1.24 bits per heavy atom. The monoisotopic (exact) mass is 231 g/mol. The largest absolute Gasteiger partial charge is 0.508 e. The van der Waals surface area contributed by atoms with Crippen molar-refractivity contribution in [2.24, 2.45) is 5.73 Å². The van der Waals surface area contributed by atoms with Crippen LogP contribution in [-0.4, -0.2) is 22.2 Å². The van der Waals surface area contributed by atoms with Crippen LogP contribution in [0.25, 0.3) is 11.3 Å². The molecule has 0 saturated heterocycles. The summed E-state index contributed by atoms with van der Waals surface area (Å²) in [5, 5.41) is 9.25. The number of benzene rings is 1. The summed E-state index contributed by atoms with van der Waals surface area (Å²) >= 11 is 0. The zero-order valence-corrected chi connectivity index (χ0v) is 9.42. The number of nitrogens with two attached hydrogens (primary N) is 1. The first-order valence-electron chi connectivity index (χ1n) is 5.13. The molecule has 3 N–H and O–H groups in total. The number of hydrogen-bond donors (Lipinski definition) is 2. The van der Waals surface area contributed by atoms with E-state index in [9.17, 15) is 5.11 Å². The minimum atomic E-state index is 0.212. The number of aromatic nitrogens is 2. The molecule has 0 saturated carbocycles. The number of rotatable bonds is 3. The second-order valence-corrected chi connectivity index (χ2v) is 3.46. The van der Waals surface area contributed by atoms with E-state index in [-0.39, 0.29) is 5.75 Å². The molecule has 5 nitrogen and oxygen atoms in total. The van der Waals surface area contributed by atoms with Crippen LogP contribution >= 0.6 is 0 Å². The third-order valence-corrected chi connectivity index (χ3v) is 2.44. The van der Waals surface area contributed by atoms with Crippen LogP contribution in [0.5, 0.6) is 11.6 Å². The van der Waals surface area contributed by atoms with Gasteiger partial charge in [-0.1, -0.05) is 0 Å². The molecule has 0 aliphatic carbocycles. The fourth-order valence-electron chi connectivity index (χ4n) is 1.62. The van der Waals surface area contributed by atoms with Gasteiger partial charge < -0.3 is 15.6 Å². The molecule has 0 amide bonds. The van der Waals surface area contributed by atoms with Crippen molar-refractivity contribution in [3.8, 4) is 22.9 Å². The molecule has 0 atom stereocenters. The van der Waals surface area contributed by atoms with E-state index < -0.39 is 0 Å². The lowest BCUT2D eigenvalue weighted by Crippen LogP contribution is -2.05. The summed E-state index contributed by atoms with van der Waals surface area (Å²) < 4.78 is 5.14. The highest BCUT2D eigenvalue weighted by Gasteiger charge is 2.11. The highest BCUT2D eigenvalue weighted by atomic mass is 16.5. The third kappa shape index (κ3) is 2.19. The summed E-state index contributed by atoms with van der Waals surface area (Å²) in [7, 11) is 1.54. The molecule has 2 rings (SSSR count). The summed E-state index contributed by atoms with van der Waals surface area (Å²) in [4.78, 5) is 8.21. The minimum absolute atomic E-state index is 0.212. The standard InChI is InChI=1S/C12H13N3O2/c1-17-12-10(6-13)11(14-7-15-12)8-2-4-9(16)5-3-8/h2-5,7,16H,6,13H2,1H3. The summed E-state index contributed by atoms with van der Waals surface area (Å²) in [5.41, 5.74) is 8.02. The molecule has 1 aromatic carbocycles. The van der Waals surface area contributed by atoms with Crippen molar-refractivity contribution in [3.05, 3.63) is 36.2 Å². The van der Waals surface area contributed by atoms with Gasteiger partial charge in [-0.05, 0) is 24.3 Å². The van der Waals surface area contributed by atoms with Gasteiger partial charge in [-0.25, -0.2) is 9.97 Å². The molecule has 0 bridgehead atoms. The molecule has 0 aliphatic heterocycles. The minimum Gasteiger partial charge on any atom is -0.508 e. The Labute approximate surface area is 98.9 Å². The van der Waals surface area contributed by atoms with Crippen molar-refractivity contribution >= 4 is 0 Å². The van der Waals surface area contributed by atoms with Crippen LogP contribution in [-0.2, 0) is 6.54 Å². The van der Waals surface area contributed by atoms with E-state index in [0.717, 1.165) is 16.8 Å². The zero-order valence-electron chi connectivity index (χ0n) is 9.42. The smallest absolute Gasteiger partial charge is 0.221 e. The van der Waals surface area contributed by atoms with Gasteiger partial charge in [0.2, 0.25) is 5.88 Å². The number of phenols is 1. The van der Waals surface area contributed by atoms with E-state index in [1.807, 2.05) is 0 Å². The van der Waals surface area contributed by atoms with Gasteiger partial charge in [-0.15, -0.1) is 0 Å². The quantitative estimate of drug-likeness (QED) is 0.832. The van der Waals surface area contributed by atoms with Crippen molar-refractivity contribution in [3.63, 3.8) is 0 Å². The Balaban J connectivity index is 2.54. The van der Waals surface area contributed by atoms with Crippen molar-refractivity contribution in [2.75, 3.05) is 7.11 Å². The van der Waals surface area contributed by atoms with Crippen LogP contribution in [0.3, 0.4) is 0 Å². The lowest BCUT2D eigenvalue weighted by atomic mass is 10.1. The van der Waals surface area contributed by atoms with Gasteiger partial charge in [0.05, 0.1) is 18.4 Å². The Kier molecular flexibility index (Phi) is 3.20. The van der Waals surface area contributed by atoms with Crippen molar-refractivity contribution in [1.29, 1.82) is 0 Å². The van der Waals surface area contributed by atoms with Crippen molar-refractivity contribution in [1.82, 2.24) is 9.97 Å². The molecular weight excluding hydrogens is 218 g/mol. The van der Waals surface area contributed by atoms with Crippen LogP contribution in [0.15, 0.2) is 30.6 Å². The molecular formula is C12H13N3O2. The Bertz CT molecular complexity index is 512. The zero-order chi connectivity index (χ0) is 12.3. The van der Waals surface area contributed by atoms with Gasteiger partial charge in [-0.2, -0.15) is 0 Å². The summed E-state index contributed by atoms with van der Waals surface area (Å²) in [6, 6.07) is 6.75. The number of hydrogen-bond acceptors (Lipinski definition) is 5. The van der Waals surface area contributed by atoms with E-state index in [0.29, 0.717) is 12.4 Å². The molecule has 0 unspecified atom stereocenters. The van der Waals surface area contributed by atoms with Crippen molar-refractivity contribution < 1.29 is 9.84 Å². The first-order valence-corrected chi connectivity index (χ1v) is 5.13. The average Bonchev–Trinajstić information content (AvgIpc) is 2.38. The Morgan fingerprint density at radius 3 is 2.53 bits per heavy atom. The van der Waals surface area contributed by atoms with Crippen LogP contribution in [0.2, 0.25) is 0 Å². The lowest BCUT2D eigenvalue weighted by molar-refractivity contribution is 0.392.